The predicted molar refractivity (Wildman–Crippen MR) is 122 cm³/mol. The van der Waals surface area contributed by atoms with E-state index in [2.05, 4.69) is 10.0 Å². The lowest BCUT2D eigenvalue weighted by molar-refractivity contribution is -0.148. The molecule has 0 spiro atoms. The van der Waals surface area contributed by atoms with E-state index in [1.807, 2.05) is 0 Å². The van der Waals surface area contributed by atoms with Gasteiger partial charge in [-0.2, -0.15) is 0 Å². The summed E-state index contributed by atoms with van der Waals surface area (Å²) in [6, 6.07) is 10.2. The summed E-state index contributed by atoms with van der Waals surface area (Å²) in [6.45, 7) is 4.85. The number of halogens is 2. The van der Waals surface area contributed by atoms with Crippen LogP contribution in [0.2, 0.25) is 10.0 Å². The lowest BCUT2D eigenvalue weighted by Crippen LogP contribution is -2.30. The molecule has 0 radical (unpaired) electrons. The average molecular weight is 485 g/mol. The highest BCUT2D eigenvalue weighted by Gasteiger charge is 2.18. The van der Waals surface area contributed by atoms with Crippen LogP contribution in [0.3, 0.4) is 0 Å². The molecule has 0 heterocycles. The van der Waals surface area contributed by atoms with Crippen molar-refractivity contribution in [2.45, 2.75) is 37.8 Å². The summed E-state index contributed by atoms with van der Waals surface area (Å²) < 4.78 is 31.8. The van der Waals surface area contributed by atoms with Gasteiger partial charge in [0, 0.05) is 27.9 Å². The van der Waals surface area contributed by atoms with E-state index in [9.17, 15) is 18.0 Å². The second kappa shape index (κ2) is 10.8. The van der Waals surface area contributed by atoms with Crippen LogP contribution in [-0.4, -0.2) is 32.4 Å². The number of benzene rings is 2. The normalized spacial score (nSPS) is 12.7. The number of rotatable bonds is 8. The van der Waals surface area contributed by atoms with Crippen molar-refractivity contribution in [1.29, 1.82) is 0 Å². The fourth-order valence-electron chi connectivity index (χ4n) is 2.40. The van der Waals surface area contributed by atoms with E-state index in [1.54, 1.807) is 32.0 Å². The highest BCUT2D eigenvalue weighted by atomic mass is 35.5. The van der Waals surface area contributed by atoms with E-state index in [0.29, 0.717) is 21.3 Å². The highest BCUT2D eigenvalue weighted by molar-refractivity contribution is 7.89. The molecule has 0 aromatic heterocycles. The Morgan fingerprint density at radius 1 is 1.03 bits per heavy atom. The summed E-state index contributed by atoms with van der Waals surface area (Å²) in [6.07, 6.45) is 1.53. The third-order valence-electron chi connectivity index (χ3n) is 3.85. The van der Waals surface area contributed by atoms with Crippen LogP contribution in [0.25, 0.3) is 6.08 Å². The van der Waals surface area contributed by atoms with Crippen LogP contribution in [-0.2, 0) is 24.3 Å². The fourth-order valence-corrected chi connectivity index (χ4v) is 4.12. The van der Waals surface area contributed by atoms with Gasteiger partial charge in [-0.3, -0.25) is 4.79 Å². The van der Waals surface area contributed by atoms with Gasteiger partial charge in [0.25, 0.3) is 5.91 Å². The molecule has 2 aromatic carbocycles. The molecule has 1 amide bonds. The third kappa shape index (κ3) is 7.66. The SMILES string of the molecule is CC(C)NS(=O)(=O)c1ccc(NC(=O)C(C)OC(=O)/C=C/c2ccc(Cl)cc2Cl)cc1. The van der Waals surface area contributed by atoms with Gasteiger partial charge < -0.3 is 10.1 Å². The van der Waals surface area contributed by atoms with Crippen LogP contribution in [0, 0.1) is 0 Å². The van der Waals surface area contributed by atoms with Crippen LogP contribution in [0.5, 0.6) is 0 Å². The molecule has 0 aliphatic rings. The van der Waals surface area contributed by atoms with Gasteiger partial charge in [0.05, 0.1) is 4.90 Å². The van der Waals surface area contributed by atoms with E-state index in [0.717, 1.165) is 6.08 Å². The quantitative estimate of drug-likeness (QED) is 0.430. The number of hydrogen-bond acceptors (Lipinski definition) is 5. The van der Waals surface area contributed by atoms with E-state index in [1.165, 1.54) is 37.3 Å². The first-order chi connectivity index (χ1) is 14.5. The summed E-state index contributed by atoms with van der Waals surface area (Å²) in [7, 11) is -3.63. The van der Waals surface area contributed by atoms with E-state index in [-0.39, 0.29) is 10.9 Å². The molecule has 2 rings (SSSR count). The number of hydrogen-bond donors (Lipinski definition) is 2. The minimum absolute atomic E-state index is 0.0738. The van der Waals surface area contributed by atoms with Crippen molar-refractivity contribution in [3.8, 4) is 0 Å². The lowest BCUT2D eigenvalue weighted by Gasteiger charge is -2.13. The molecule has 31 heavy (non-hydrogen) atoms. The first-order valence-electron chi connectivity index (χ1n) is 9.25. The Labute approximate surface area is 191 Å². The van der Waals surface area contributed by atoms with Crippen molar-refractivity contribution in [3.05, 3.63) is 64.1 Å². The summed E-state index contributed by atoms with van der Waals surface area (Å²) >= 11 is 11.9. The smallest absolute Gasteiger partial charge is 0.331 e. The van der Waals surface area contributed by atoms with Crippen molar-refractivity contribution < 1.29 is 22.7 Å². The zero-order chi connectivity index (χ0) is 23.2. The molecule has 0 bridgehead atoms. The Kier molecular flexibility index (Phi) is 8.64. The number of amides is 1. The maximum atomic E-state index is 12.3. The van der Waals surface area contributed by atoms with Crippen molar-refractivity contribution in [2.75, 3.05) is 5.32 Å². The number of carbonyl (C=O) groups is 2. The number of esters is 1. The number of nitrogens with one attached hydrogen (secondary N) is 2. The molecule has 0 saturated carbocycles. The van der Waals surface area contributed by atoms with Crippen LogP contribution in [0.15, 0.2) is 53.4 Å². The van der Waals surface area contributed by atoms with Gasteiger partial charge in [-0.25, -0.2) is 17.9 Å². The Morgan fingerprint density at radius 2 is 1.68 bits per heavy atom. The molecule has 0 saturated heterocycles. The van der Waals surface area contributed by atoms with Crippen molar-refractivity contribution >= 4 is 56.9 Å². The lowest BCUT2D eigenvalue weighted by atomic mass is 10.2. The van der Waals surface area contributed by atoms with Crippen molar-refractivity contribution in [2.24, 2.45) is 0 Å². The van der Waals surface area contributed by atoms with Crippen LogP contribution in [0.4, 0.5) is 5.69 Å². The summed E-state index contributed by atoms with van der Waals surface area (Å²) in [5.41, 5.74) is 0.932. The van der Waals surface area contributed by atoms with E-state index >= 15 is 0 Å². The zero-order valence-corrected chi connectivity index (χ0v) is 19.4. The van der Waals surface area contributed by atoms with Crippen LogP contribution >= 0.6 is 23.2 Å². The Balaban J connectivity index is 1.94. The molecule has 1 unspecified atom stereocenters. The predicted octanol–water partition coefficient (Wildman–Crippen LogP) is 4.26. The number of sulfonamides is 1. The van der Waals surface area contributed by atoms with Gasteiger partial charge in [0.15, 0.2) is 6.10 Å². The number of carbonyl (C=O) groups excluding carboxylic acids is 2. The molecule has 0 aliphatic carbocycles. The summed E-state index contributed by atoms with van der Waals surface area (Å²) in [5.74, 6) is -1.29. The topological polar surface area (TPSA) is 102 Å². The first kappa shape index (κ1) is 24.9. The monoisotopic (exact) mass is 484 g/mol. The second-order valence-corrected chi connectivity index (χ2v) is 9.43. The summed E-state index contributed by atoms with van der Waals surface area (Å²) in [4.78, 5) is 24.3. The number of anilines is 1. The summed E-state index contributed by atoms with van der Waals surface area (Å²) in [5, 5.41) is 3.41. The molecule has 7 nitrogen and oxygen atoms in total. The Morgan fingerprint density at radius 3 is 2.26 bits per heavy atom. The maximum absolute atomic E-state index is 12.3. The molecular weight excluding hydrogens is 463 g/mol. The zero-order valence-electron chi connectivity index (χ0n) is 17.1. The Bertz CT molecular complexity index is 1080. The highest BCUT2D eigenvalue weighted by Crippen LogP contribution is 2.22. The van der Waals surface area contributed by atoms with Gasteiger partial charge in [-0.15, -0.1) is 0 Å². The van der Waals surface area contributed by atoms with Gasteiger partial charge in [-0.1, -0.05) is 29.3 Å². The van der Waals surface area contributed by atoms with Gasteiger partial charge >= 0.3 is 5.97 Å². The largest absolute Gasteiger partial charge is 0.449 e. The van der Waals surface area contributed by atoms with E-state index in [4.69, 9.17) is 27.9 Å². The maximum Gasteiger partial charge on any atom is 0.331 e. The first-order valence-corrected chi connectivity index (χ1v) is 11.5. The molecule has 2 aromatic rings. The van der Waals surface area contributed by atoms with Crippen LogP contribution < -0.4 is 10.0 Å². The minimum Gasteiger partial charge on any atom is -0.449 e. The van der Waals surface area contributed by atoms with Crippen molar-refractivity contribution in [1.82, 2.24) is 4.72 Å². The number of ether oxygens (including phenoxy) is 1. The second-order valence-electron chi connectivity index (χ2n) is 6.87. The van der Waals surface area contributed by atoms with Crippen LogP contribution in [0.1, 0.15) is 26.3 Å². The molecular formula is C21H22Cl2N2O5S. The van der Waals surface area contributed by atoms with E-state index < -0.39 is 28.0 Å². The standard InChI is InChI=1S/C21H22Cl2N2O5S/c1-13(2)25-31(28,29)18-9-7-17(8-10-18)24-21(27)14(3)30-20(26)11-5-15-4-6-16(22)12-19(15)23/h4-14,25H,1-3H3,(H,24,27)/b11-5+. The molecule has 2 N–H and O–H groups in total. The Hall–Kier alpha value is -2.39. The van der Waals surface area contributed by atoms with Crippen molar-refractivity contribution in [3.63, 3.8) is 0 Å². The van der Waals surface area contributed by atoms with Gasteiger partial charge in [-0.05, 0) is 68.8 Å². The van der Waals surface area contributed by atoms with Gasteiger partial charge in [0.2, 0.25) is 10.0 Å². The fraction of sp³-hybridized carbons (Fsp3) is 0.238. The molecule has 10 heteroatoms. The minimum atomic E-state index is -3.63. The molecule has 0 aliphatic heterocycles. The molecule has 0 fully saturated rings. The molecule has 1 atom stereocenters. The third-order valence-corrected chi connectivity index (χ3v) is 6.08. The molecule has 166 valence electrons. The average Bonchev–Trinajstić information content (AvgIpc) is 2.66. The van der Waals surface area contributed by atoms with Gasteiger partial charge in [0.1, 0.15) is 0 Å².